The van der Waals surface area contributed by atoms with E-state index < -0.39 is 0 Å². The molecule has 0 saturated carbocycles. The first-order valence-electron chi connectivity index (χ1n) is 13.5. The van der Waals surface area contributed by atoms with E-state index in [0.29, 0.717) is 27.8 Å². The highest BCUT2D eigenvalue weighted by Crippen LogP contribution is 2.38. The lowest BCUT2D eigenvalue weighted by Gasteiger charge is -2.36. The zero-order chi connectivity index (χ0) is 27.6. The molecule has 0 atom stereocenters. The van der Waals surface area contributed by atoms with E-state index in [9.17, 15) is 14.4 Å². The first kappa shape index (κ1) is 26.2. The number of benzene rings is 2. The van der Waals surface area contributed by atoms with E-state index in [2.05, 4.69) is 33.0 Å². The molecule has 8 nitrogen and oxygen atoms in total. The maximum atomic E-state index is 13.5. The van der Waals surface area contributed by atoms with Gasteiger partial charge in [0.2, 0.25) is 5.91 Å². The number of carbonyl (C=O) groups excluding carboxylic acids is 1. The van der Waals surface area contributed by atoms with Gasteiger partial charge in [-0.05, 0) is 61.4 Å². The number of thiazole rings is 1. The predicted octanol–water partition coefficient (Wildman–Crippen LogP) is 4.88. The van der Waals surface area contributed by atoms with Crippen molar-refractivity contribution in [3.63, 3.8) is 0 Å². The van der Waals surface area contributed by atoms with E-state index in [4.69, 9.17) is 4.98 Å². The second-order valence-electron chi connectivity index (χ2n) is 10.2. The molecule has 0 aliphatic carbocycles. The SMILES string of the molecule is CN(c1nc(-c2ccc(F)cc2)c(C#N)s1)c1ccnc2ccc(N3CCN(CC(=O)N4CCCC4)CC3)cc12. The standard InChI is InChI=1S/C30H30FN7OS/c1-35(30-34-29(27(19-32)40-30)21-4-6-22(31)7-5-21)26-10-11-33-25-9-8-23(18-24(25)26)37-16-14-36(15-17-37)20-28(39)38-12-2-3-13-38/h4-11,18H,2-3,12-17,20H2,1H3. The van der Waals surface area contributed by atoms with E-state index in [1.807, 2.05) is 29.0 Å². The van der Waals surface area contributed by atoms with Crippen molar-refractivity contribution in [3.05, 3.63) is 65.4 Å². The average molecular weight is 556 g/mol. The molecule has 204 valence electrons. The van der Waals surface area contributed by atoms with Crippen LogP contribution in [0.5, 0.6) is 0 Å². The van der Waals surface area contributed by atoms with Crippen LogP contribution < -0.4 is 9.80 Å². The molecule has 0 N–H and O–H groups in total. The summed E-state index contributed by atoms with van der Waals surface area (Å²) in [5.41, 5.74) is 4.18. The fraction of sp³-hybridized carbons (Fsp3) is 0.333. The Bertz CT molecular complexity index is 1570. The van der Waals surface area contributed by atoms with Crippen molar-refractivity contribution in [1.82, 2.24) is 19.8 Å². The molecule has 2 aliphatic heterocycles. The second-order valence-corrected chi connectivity index (χ2v) is 11.2. The van der Waals surface area contributed by atoms with Gasteiger partial charge in [-0.1, -0.05) is 11.3 Å². The molecule has 2 fully saturated rings. The molecule has 0 radical (unpaired) electrons. The fourth-order valence-corrected chi connectivity index (χ4v) is 6.33. The molecule has 10 heteroatoms. The third kappa shape index (κ3) is 5.22. The van der Waals surface area contributed by atoms with Crippen LogP contribution in [0.15, 0.2) is 54.7 Å². The maximum absolute atomic E-state index is 13.5. The van der Waals surface area contributed by atoms with Gasteiger partial charge in [0.25, 0.3) is 0 Å². The fourth-order valence-electron chi connectivity index (χ4n) is 5.47. The van der Waals surface area contributed by atoms with Gasteiger partial charge in [0, 0.05) is 69.2 Å². The molecular weight excluding hydrogens is 525 g/mol. The lowest BCUT2D eigenvalue weighted by Crippen LogP contribution is -2.49. The number of pyridine rings is 1. The number of likely N-dealkylation sites (tertiary alicyclic amines) is 1. The second kappa shape index (κ2) is 11.2. The van der Waals surface area contributed by atoms with Crippen molar-refractivity contribution >= 4 is 44.7 Å². The van der Waals surface area contributed by atoms with Crippen LogP contribution in [-0.2, 0) is 4.79 Å². The van der Waals surface area contributed by atoms with Gasteiger partial charge in [0.05, 0.1) is 17.7 Å². The molecule has 6 rings (SSSR count). The lowest BCUT2D eigenvalue weighted by molar-refractivity contribution is -0.131. The molecule has 0 bridgehead atoms. The Morgan fingerprint density at radius 2 is 1.80 bits per heavy atom. The summed E-state index contributed by atoms with van der Waals surface area (Å²) in [6.45, 7) is 5.69. The third-order valence-corrected chi connectivity index (χ3v) is 8.78. The number of amides is 1. The Hall–Kier alpha value is -4.07. The van der Waals surface area contributed by atoms with Crippen molar-refractivity contribution in [2.45, 2.75) is 12.8 Å². The Kier molecular flexibility index (Phi) is 7.32. The highest BCUT2D eigenvalue weighted by molar-refractivity contribution is 7.16. The molecule has 0 spiro atoms. The van der Waals surface area contributed by atoms with Gasteiger partial charge in [-0.15, -0.1) is 0 Å². The van der Waals surface area contributed by atoms with Crippen molar-refractivity contribution in [2.24, 2.45) is 0 Å². The van der Waals surface area contributed by atoms with Gasteiger partial charge < -0.3 is 14.7 Å². The monoisotopic (exact) mass is 555 g/mol. The minimum Gasteiger partial charge on any atom is -0.369 e. The summed E-state index contributed by atoms with van der Waals surface area (Å²) in [7, 11) is 1.94. The van der Waals surface area contributed by atoms with E-state index in [1.54, 1.807) is 18.3 Å². The summed E-state index contributed by atoms with van der Waals surface area (Å²) >= 11 is 1.31. The summed E-state index contributed by atoms with van der Waals surface area (Å²) in [5.74, 6) is -0.0781. The van der Waals surface area contributed by atoms with Crippen LogP contribution in [0.3, 0.4) is 0 Å². The van der Waals surface area contributed by atoms with E-state index in [-0.39, 0.29) is 11.7 Å². The highest BCUT2D eigenvalue weighted by Gasteiger charge is 2.24. The predicted molar refractivity (Wildman–Crippen MR) is 156 cm³/mol. The van der Waals surface area contributed by atoms with E-state index in [0.717, 1.165) is 74.4 Å². The third-order valence-electron chi connectivity index (χ3n) is 7.74. The maximum Gasteiger partial charge on any atom is 0.236 e. The van der Waals surface area contributed by atoms with Gasteiger partial charge in [-0.3, -0.25) is 14.7 Å². The summed E-state index contributed by atoms with van der Waals surface area (Å²) < 4.78 is 13.5. The molecule has 1 amide bonds. The first-order chi connectivity index (χ1) is 19.5. The normalized spacial score (nSPS) is 15.9. The number of carbonyl (C=O) groups is 1. The van der Waals surface area contributed by atoms with Crippen LogP contribution in [-0.4, -0.2) is 78.5 Å². The number of nitrogens with zero attached hydrogens (tertiary/aromatic N) is 7. The van der Waals surface area contributed by atoms with E-state index in [1.165, 1.54) is 23.5 Å². The number of anilines is 3. The van der Waals surface area contributed by atoms with Gasteiger partial charge in [-0.25, -0.2) is 9.37 Å². The van der Waals surface area contributed by atoms with Gasteiger partial charge in [0.15, 0.2) is 5.13 Å². The molecule has 4 heterocycles. The quantitative estimate of drug-likeness (QED) is 0.336. The lowest BCUT2D eigenvalue weighted by atomic mass is 10.1. The van der Waals surface area contributed by atoms with Crippen molar-refractivity contribution in [2.75, 3.05) is 62.7 Å². The number of hydrogen-bond donors (Lipinski definition) is 0. The molecular formula is C30H30FN7OS. The Labute approximate surface area is 236 Å². The Balaban J connectivity index is 1.22. The van der Waals surface area contributed by atoms with Crippen molar-refractivity contribution in [1.29, 1.82) is 5.26 Å². The number of halogens is 1. The topological polar surface area (TPSA) is 79.6 Å². The summed E-state index contributed by atoms with van der Waals surface area (Å²) in [6.07, 6.45) is 4.01. The molecule has 4 aromatic rings. The Morgan fingerprint density at radius 1 is 1.05 bits per heavy atom. The van der Waals surface area contributed by atoms with Crippen molar-refractivity contribution < 1.29 is 9.18 Å². The molecule has 0 unspecified atom stereocenters. The molecule has 2 saturated heterocycles. The van der Waals surface area contributed by atoms with Gasteiger partial charge in [0.1, 0.15) is 22.5 Å². The first-order valence-corrected chi connectivity index (χ1v) is 14.4. The smallest absolute Gasteiger partial charge is 0.236 e. The van der Waals surface area contributed by atoms with Crippen LogP contribution >= 0.6 is 11.3 Å². The molecule has 2 aromatic heterocycles. The summed E-state index contributed by atoms with van der Waals surface area (Å²) in [6, 6.07) is 16.6. The zero-order valence-corrected chi connectivity index (χ0v) is 23.2. The van der Waals surface area contributed by atoms with Gasteiger partial charge in [-0.2, -0.15) is 5.26 Å². The largest absolute Gasteiger partial charge is 0.369 e. The minimum absolute atomic E-state index is 0.250. The average Bonchev–Trinajstić information content (AvgIpc) is 3.68. The van der Waals surface area contributed by atoms with Crippen LogP contribution in [0.2, 0.25) is 0 Å². The molecule has 2 aromatic carbocycles. The summed E-state index contributed by atoms with van der Waals surface area (Å²) in [5, 5.41) is 11.4. The zero-order valence-electron chi connectivity index (χ0n) is 22.4. The van der Waals surface area contributed by atoms with Crippen LogP contribution in [0.4, 0.5) is 20.9 Å². The molecule has 2 aliphatic rings. The summed E-state index contributed by atoms with van der Waals surface area (Å²) in [4.78, 5) is 31.0. The minimum atomic E-state index is -0.328. The van der Waals surface area contributed by atoms with Crippen LogP contribution in [0.1, 0.15) is 17.7 Å². The number of fused-ring (bicyclic) bond motifs is 1. The highest BCUT2D eigenvalue weighted by atomic mass is 32.1. The van der Waals surface area contributed by atoms with Crippen molar-refractivity contribution in [3.8, 4) is 17.3 Å². The van der Waals surface area contributed by atoms with E-state index >= 15 is 0 Å². The number of piperazine rings is 1. The van der Waals surface area contributed by atoms with Crippen LogP contribution in [0, 0.1) is 17.1 Å². The number of aromatic nitrogens is 2. The van der Waals surface area contributed by atoms with Gasteiger partial charge >= 0.3 is 0 Å². The number of nitriles is 1. The Morgan fingerprint density at radius 3 is 2.52 bits per heavy atom. The van der Waals surface area contributed by atoms with Crippen LogP contribution in [0.25, 0.3) is 22.2 Å². The number of rotatable bonds is 6. The molecule has 40 heavy (non-hydrogen) atoms. The number of hydrogen-bond acceptors (Lipinski definition) is 8.